The molecule has 3 heteroatoms. The highest BCUT2D eigenvalue weighted by atomic mass is 16.5. The van der Waals surface area contributed by atoms with Crippen molar-refractivity contribution in [2.75, 3.05) is 6.54 Å². The Morgan fingerprint density at radius 1 is 1.47 bits per heavy atom. The fourth-order valence-corrected chi connectivity index (χ4v) is 2.82. The zero-order valence-electron chi connectivity index (χ0n) is 10.3. The molecule has 0 radical (unpaired) electrons. The van der Waals surface area contributed by atoms with Crippen molar-refractivity contribution in [1.29, 1.82) is 0 Å². The monoisotopic (exact) mass is 230 g/mol. The lowest BCUT2D eigenvalue weighted by Gasteiger charge is -2.26. The second kappa shape index (κ2) is 4.15. The Hall–Kier alpha value is -1.35. The quantitative estimate of drug-likeness (QED) is 0.726. The van der Waals surface area contributed by atoms with Crippen LogP contribution in [0.25, 0.3) is 0 Å². The molecule has 1 saturated heterocycles. The van der Waals surface area contributed by atoms with Crippen LogP contribution in [0, 0.1) is 5.92 Å². The van der Waals surface area contributed by atoms with Crippen molar-refractivity contribution in [3.05, 3.63) is 36.2 Å². The van der Waals surface area contributed by atoms with Gasteiger partial charge in [0.2, 0.25) is 0 Å². The van der Waals surface area contributed by atoms with Crippen LogP contribution in [0.15, 0.2) is 41.2 Å². The topological polar surface area (TPSA) is 24.8 Å². The van der Waals surface area contributed by atoms with Crippen LogP contribution in [-0.2, 0) is 4.74 Å². The minimum absolute atomic E-state index is 0.211. The lowest BCUT2D eigenvalue weighted by Crippen LogP contribution is -2.29. The van der Waals surface area contributed by atoms with Crippen molar-refractivity contribution in [1.82, 2.24) is 4.90 Å². The molecule has 2 heterocycles. The van der Waals surface area contributed by atoms with Crippen LogP contribution in [0.4, 0.5) is 0 Å². The van der Waals surface area contributed by atoms with Gasteiger partial charge < -0.3 is 9.64 Å². The molecule has 17 heavy (non-hydrogen) atoms. The van der Waals surface area contributed by atoms with E-state index in [1.807, 2.05) is 12.4 Å². The maximum absolute atomic E-state index is 5.99. The number of nitrogens with zero attached hydrogens (tertiary/aromatic N) is 2. The standard InChI is InChI=1S/C14H18N2O/c1-10(2)17-14-5-3-4-11-12(14)9-16-7-6-15-8-13(11)16/h3-8,10,12-14H,9H2,1-2H3. The van der Waals surface area contributed by atoms with Crippen molar-refractivity contribution in [2.45, 2.75) is 32.1 Å². The molecule has 2 aliphatic heterocycles. The Kier molecular flexibility index (Phi) is 2.63. The minimum atomic E-state index is 0.211. The first-order valence-electron chi connectivity index (χ1n) is 6.25. The first-order chi connectivity index (χ1) is 8.25. The summed E-state index contributed by atoms with van der Waals surface area (Å²) in [6.45, 7) is 5.21. The van der Waals surface area contributed by atoms with E-state index in [0.29, 0.717) is 12.0 Å². The van der Waals surface area contributed by atoms with Crippen LogP contribution < -0.4 is 0 Å². The Labute approximate surface area is 102 Å². The highest BCUT2D eigenvalue weighted by Crippen LogP contribution is 2.36. The number of rotatable bonds is 2. The number of aliphatic imine (C=N–C) groups is 1. The van der Waals surface area contributed by atoms with Gasteiger partial charge in [-0.1, -0.05) is 18.2 Å². The van der Waals surface area contributed by atoms with Gasteiger partial charge in [0, 0.05) is 31.1 Å². The second-order valence-corrected chi connectivity index (χ2v) is 5.05. The molecule has 0 amide bonds. The zero-order valence-corrected chi connectivity index (χ0v) is 10.3. The van der Waals surface area contributed by atoms with Crippen molar-refractivity contribution in [2.24, 2.45) is 10.9 Å². The number of hydrogen-bond donors (Lipinski definition) is 0. The van der Waals surface area contributed by atoms with Crippen LogP contribution in [0.2, 0.25) is 0 Å². The van der Waals surface area contributed by atoms with Gasteiger partial charge in [-0.25, -0.2) is 0 Å². The fraction of sp³-hybridized carbons (Fsp3) is 0.500. The van der Waals surface area contributed by atoms with Crippen LogP contribution in [-0.4, -0.2) is 35.9 Å². The molecule has 90 valence electrons. The third-order valence-corrected chi connectivity index (χ3v) is 3.52. The van der Waals surface area contributed by atoms with E-state index >= 15 is 0 Å². The summed E-state index contributed by atoms with van der Waals surface area (Å²) < 4.78 is 5.99. The number of allylic oxidation sites excluding steroid dienone is 2. The summed E-state index contributed by atoms with van der Waals surface area (Å²) in [4.78, 5) is 6.58. The van der Waals surface area contributed by atoms with Crippen molar-refractivity contribution >= 4 is 6.21 Å². The average molecular weight is 230 g/mol. The van der Waals surface area contributed by atoms with Crippen LogP contribution in [0.3, 0.4) is 0 Å². The fourth-order valence-electron chi connectivity index (χ4n) is 2.82. The van der Waals surface area contributed by atoms with Gasteiger partial charge in [-0.05, 0) is 19.4 Å². The summed E-state index contributed by atoms with van der Waals surface area (Å²) in [5, 5.41) is 0. The molecular formula is C14H18N2O. The normalized spacial score (nSPS) is 33.9. The predicted molar refractivity (Wildman–Crippen MR) is 68.8 cm³/mol. The molecule has 3 unspecified atom stereocenters. The predicted octanol–water partition coefficient (Wildman–Crippen LogP) is 2.13. The van der Waals surface area contributed by atoms with Crippen LogP contribution >= 0.6 is 0 Å². The summed E-state index contributed by atoms with van der Waals surface area (Å²) in [6.07, 6.45) is 13.0. The molecular weight excluding hydrogens is 212 g/mol. The Morgan fingerprint density at radius 3 is 3.18 bits per heavy atom. The molecule has 0 N–H and O–H groups in total. The van der Waals surface area contributed by atoms with Gasteiger partial charge in [-0.3, -0.25) is 4.99 Å². The van der Waals surface area contributed by atoms with E-state index in [9.17, 15) is 0 Å². The number of ether oxygens (including phenoxy) is 1. The first kappa shape index (κ1) is 10.8. The molecule has 3 aliphatic rings. The lowest BCUT2D eigenvalue weighted by atomic mass is 9.89. The summed E-state index contributed by atoms with van der Waals surface area (Å²) in [5.41, 5.74) is 1.44. The van der Waals surface area contributed by atoms with E-state index in [2.05, 4.69) is 48.2 Å². The molecule has 3 atom stereocenters. The van der Waals surface area contributed by atoms with E-state index in [1.165, 1.54) is 5.57 Å². The van der Waals surface area contributed by atoms with Gasteiger partial charge in [-0.15, -0.1) is 0 Å². The highest BCUT2D eigenvalue weighted by Gasteiger charge is 2.40. The van der Waals surface area contributed by atoms with Gasteiger partial charge in [0.1, 0.15) is 0 Å². The molecule has 0 aromatic rings. The molecule has 0 saturated carbocycles. The molecule has 0 aromatic heterocycles. The van der Waals surface area contributed by atoms with E-state index in [4.69, 9.17) is 4.74 Å². The molecule has 0 bridgehead atoms. The average Bonchev–Trinajstić information content (AvgIpc) is 2.68. The van der Waals surface area contributed by atoms with Crippen LogP contribution in [0.1, 0.15) is 13.8 Å². The second-order valence-electron chi connectivity index (χ2n) is 5.05. The van der Waals surface area contributed by atoms with E-state index in [0.717, 1.165) is 6.54 Å². The SMILES string of the molecule is CC(C)OC1C=CC=C2C1CN1C=CN=CC21. The van der Waals surface area contributed by atoms with Crippen LogP contribution in [0.5, 0.6) is 0 Å². The van der Waals surface area contributed by atoms with E-state index in [-0.39, 0.29) is 12.2 Å². The van der Waals surface area contributed by atoms with Gasteiger partial charge in [-0.2, -0.15) is 0 Å². The Balaban J connectivity index is 1.84. The van der Waals surface area contributed by atoms with Gasteiger partial charge in [0.05, 0.1) is 18.2 Å². The lowest BCUT2D eigenvalue weighted by molar-refractivity contribution is 0.0117. The van der Waals surface area contributed by atoms with E-state index < -0.39 is 0 Å². The smallest absolute Gasteiger partial charge is 0.0860 e. The van der Waals surface area contributed by atoms with Gasteiger partial charge >= 0.3 is 0 Å². The largest absolute Gasteiger partial charge is 0.371 e. The van der Waals surface area contributed by atoms with Gasteiger partial charge in [0.15, 0.2) is 0 Å². The Morgan fingerprint density at radius 2 is 2.35 bits per heavy atom. The summed E-state index contributed by atoms with van der Waals surface area (Å²) in [7, 11) is 0. The Bertz CT molecular complexity index is 420. The summed E-state index contributed by atoms with van der Waals surface area (Å²) in [5.74, 6) is 0.474. The third-order valence-electron chi connectivity index (χ3n) is 3.52. The van der Waals surface area contributed by atoms with Crippen molar-refractivity contribution in [3.63, 3.8) is 0 Å². The summed E-state index contributed by atoms with van der Waals surface area (Å²) >= 11 is 0. The van der Waals surface area contributed by atoms with Gasteiger partial charge in [0.25, 0.3) is 0 Å². The molecule has 1 fully saturated rings. The zero-order chi connectivity index (χ0) is 11.8. The van der Waals surface area contributed by atoms with Crippen molar-refractivity contribution < 1.29 is 4.74 Å². The molecule has 0 spiro atoms. The molecule has 3 rings (SSSR count). The molecule has 0 aromatic carbocycles. The molecule has 3 nitrogen and oxygen atoms in total. The highest BCUT2D eigenvalue weighted by molar-refractivity contribution is 5.73. The summed E-state index contributed by atoms with van der Waals surface area (Å²) in [6, 6.07) is 0.341. The third kappa shape index (κ3) is 1.84. The number of fused-ring (bicyclic) bond motifs is 3. The number of hydrogen-bond acceptors (Lipinski definition) is 3. The van der Waals surface area contributed by atoms with E-state index in [1.54, 1.807) is 0 Å². The minimum Gasteiger partial charge on any atom is -0.371 e. The maximum Gasteiger partial charge on any atom is 0.0860 e. The maximum atomic E-state index is 5.99. The molecule has 1 aliphatic carbocycles. The van der Waals surface area contributed by atoms with Crippen molar-refractivity contribution in [3.8, 4) is 0 Å². The first-order valence-corrected chi connectivity index (χ1v) is 6.25.